The fourth-order valence-electron chi connectivity index (χ4n) is 2.32. The molecule has 0 spiro atoms. The zero-order chi connectivity index (χ0) is 22.3. The van der Waals surface area contributed by atoms with Crippen molar-refractivity contribution in [1.82, 2.24) is 9.88 Å². The fourth-order valence-corrected chi connectivity index (χ4v) is 2.32. The van der Waals surface area contributed by atoms with Crippen LogP contribution in [0.2, 0.25) is 0 Å². The molecule has 1 atom stereocenters. The van der Waals surface area contributed by atoms with Gasteiger partial charge in [-0.1, -0.05) is 6.07 Å². The molecule has 160 valence electrons. The van der Waals surface area contributed by atoms with E-state index in [9.17, 15) is 18.4 Å². The van der Waals surface area contributed by atoms with Crippen molar-refractivity contribution in [3.8, 4) is 17.7 Å². The van der Waals surface area contributed by atoms with E-state index in [0.29, 0.717) is 11.4 Å². The van der Waals surface area contributed by atoms with Gasteiger partial charge in [-0.25, -0.2) is 9.98 Å². The second kappa shape index (κ2) is 9.96. The molecule has 1 unspecified atom stereocenters. The van der Waals surface area contributed by atoms with Crippen LogP contribution in [0.4, 0.5) is 18.9 Å². The minimum Gasteiger partial charge on any atom is -0.490 e. The van der Waals surface area contributed by atoms with E-state index in [0.717, 1.165) is 18.7 Å². The Bertz CT molecular complexity index is 939. The van der Waals surface area contributed by atoms with Crippen molar-refractivity contribution in [3.63, 3.8) is 0 Å². The summed E-state index contributed by atoms with van der Waals surface area (Å²) in [4.78, 5) is 10.5. The molecule has 0 saturated carbocycles. The first kappa shape index (κ1) is 23.0. The van der Waals surface area contributed by atoms with E-state index in [1.54, 1.807) is 26.3 Å². The Kier molecular flexibility index (Phi) is 7.64. The Morgan fingerprint density at radius 1 is 1.33 bits per heavy atom. The van der Waals surface area contributed by atoms with Gasteiger partial charge in [-0.15, -0.1) is 0 Å². The summed E-state index contributed by atoms with van der Waals surface area (Å²) in [5.41, 5.74) is 0.545. The highest BCUT2D eigenvalue weighted by Gasteiger charge is 2.30. The van der Waals surface area contributed by atoms with Crippen molar-refractivity contribution in [3.05, 3.63) is 47.2 Å². The summed E-state index contributed by atoms with van der Waals surface area (Å²) in [6, 6.07) is 8.22. The van der Waals surface area contributed by atoms with Crippen molar-refractivity contribution in [2.45, 2.75) is 33.1 Å². The number of halogens is 3. The normalized spacial score (nSPS) is 12.5. The van der Waals surface area contributed by atoms with Crippen LogP contribution in [0.3, 0.4) is 0 Å². The first-order chi connectivity index (χ1) is 14.1. The number of hydrogen-bond donors (Lipinski definition) is 0. The monoisotopic (exact) mass is 420 g/mol. The molecule has 1 aromatic heterocycles. The lowest BCUT2D eigenvalue weighted by Gasteiger charge is -2.17. The first-order valence-electron chi connectivity index (χ1n) is 9.27. The van der Waals surface area contributed by atoms with Gasteiger partial charge in [0.15, 0.2) is 0 Å². The lowest BCUT2D eigenvalue weighted by Crippen LogP contribution is -2.22. The number of pyridine rings is 1. The van der Waals surface area contributed by atoms with Crippen LogP contribution in [0.15, 0.2) is 35.3 Å². The number of hydrogen-bond acceptors (Lipinski definition) is 5. The molecule has 30 heavy (non-hydrogen) atoms. The standard InChI is InChI=1S/C21H23F3N4O2/c1-5-28(4)13-26-19-9-16(11-25)20(27-15(19)3)30-14(2)12-29-18-8-6-7-17(10-18)21(22,23)24/h6-10,13-14H,5,12H2,1-4H3/b26-13-. The fraction of sp³-hybridized carbons (Fsp3) is 0.381. The summed E-state index contributed by atoms with van der Waals surface area (Å²) in [7, 11) is 1.88. The van der Waals surface area contributed by atoms with Crippen molar-refractivity contribution in [2.24, 2.45) is 4.99 Å². The van der Waals surface area contributed by atoms with Gasteiger partial charge in [-0.2, -0.15) is 18.4 Å². The van der Waals surface area contributed by atoms with Crippen LogP contribution in [0, 0.1) is 18.3 Å². The van der Waals surface area contributed by atoms with E-state index in [-0.39, 0.29) is 23.8 Å². The molecule has 6 nitrogen and oxygen atoms in total. The highest BCUT2D eigenvalue weighted by molar-refractivity contribution is 5.63. The molecular weight excluding hydrogens is 397 g/mol. The van der Waals surface area contributed by atoms with Gasteiger partial charge in [0, 0.05) is 13.6 Å². The Morgan fingerprint density at radius 3 is 2.70 bits per heavy atom. The average molecular weight is 420 g/mol. The zero-order valence-electron chi connectivity index (χ0n) is 17.2. The van der Waals surface area contributed by atoms with Crippen LogP contribution in [0.1, 0.15) is 30.7 Å². The van der Waals surface area contributed by atoms with Crippen LogP contribution in [0.5, 0.6) is 11.6 Å². The van der Waals surface area contributed by atoms with Crippen molar-refractivity contribution >= 4 is 12.0 Å². The van der Waals surface area contributed by atoms with Gasteiger partial charge in [-0.05, 0) is 45.0 Å². The highest BCUT2D eigenvalue weighted by atomic mass is 19.4. The average Bonchev–Trinajstić information content (AvgIpc) is 2.71. The van der Waals surface area contributed by atoms with E-state index in [2.05, 4.69) is 9.98 Å². The van der Waals surface area contributed by atoms with E-state index in [1.165, 1.54) is 12.1 Å². The molecule has 2 aromatic rings. The van der Waals surface area contributed by atoms with Gasteiger partial charge in [-0.3, -0.25) is 0 Å². The predicted molar refractivity (Wildman–Crippen MR) is 107 cm³/mol. The second-order valence-corrected chi connectivity index (χ2v) is 6.64. The molecule has 0 saturated heterocycles. The van der Waals surface area contributed by atoms with Crippen LogP contribution in [0.25, 0.3) is 0 Å². The predicted octanol–water partition coefficient (Wildman–Crippen LogP) is 4.74. The molecule has 0 N–H and O–H groups in total. The topological polar surface area (TPSA) is 70.7 Å². The number of ether oxygens (including phenoxy) is 2. The van der Waals surface area contributed by atoms with E-state index in [4.69, 9.17) is 9.47 Å². The number of aromatic nitrogens is 1. The number of aryl methyl sites for hydroxylation is 1. The van der Waals surface area contributed by atoms with Gasteiger partial charge in [0.2, 0.25) is 5.88 Å². The highest BCUT2D eigenvalue weighted by Crippen LogP contribution is 2.31. The molecule has 2 rings (SSSR count). The Balaban J connectivity index is 2.08. The van der Waals surface area contributed by atoms with E-state index in [1.807, 2.05) is 24.9 Å². The van der Waals surface area contributed by atoms with Gasteiger partial charge < -0.3 is 14.4 Å². The van der Waals surface area contributed by atoms with Crippen LogP contribution in [-0.4, -0.2) is 42.5 Å². The minimum absolute atomic E-state index is 0.0197. The largest absolute Gasteiger partial charge is 0.490 e. The first-order valence-corrected chi connectivity index (χ1v) is 9.27. The number of aliphatic imine (C=N–C) groups is 1. The van der Waals surface area contributed by atoms with Crippen molar-refractivity contribution < 1.29 is 22.6 Å². The van der Waals surface area contributed by atoms with Crippen LogP contribution < -0.4 is 9.47 Å². The number of alkyl halides is 3. The number of nitriles is 1. The number of benzene rings is 1. The summed E-state index contributed by atoms with van der Waals surface area (Å²) >= 11 is 0. The second-order valence-electron chi connectivity index (χ2n) is 6.64. The van der Waals surface area contributed by atoms with E-state index >= 15 is 0 Å². The van der Waals surface area contributed by atoms with E-state index < -0.39 is 17.8 Å². The van der Waals surface area contributed by atoms with Crippen LogP contribution in [-0.2, 0) is 6.18 Å². The smallest absolute Gasteiger partial charge is 0.416 e. The Labute approximate surface area is 173 Å². The lowest BCUT2D eigenvalue weighted by atomic mass is 10.2. The summed E-state index contributed by atoms with van der Waals surface area (Å²) in [5, 5.41) is 9.41. The summed E-state index contributed by atoms with van der Waals surface area (Å²) in [5.74, 6) is 0.201. The lowest BCUT2D eigenvalue weighted by molar-refractivity contribution is -0.137. The maximum Gasteiger partial charge on any atom is 0.416 e. The van der Waals surface area contributed by atoms with Gasteiger partial charge in [0.1, 0.15) is 30.1 Å². The van der Waals surface area contributed by atoms with Crippen molar-refractivity contribution in [1.29, 1.82) is 5.26 Å². The zero-order valence-corrected chi connectivity index (χ0v) is 17.2. The molecule has 9 heteroatoms. The SMILES string of the molecule is CCN(C)/C=N\c1cc(C#N)c(OC(C)COc2cccc(C(F)(F)F)c2)nc1C. The molecule has 0 aliphatic heterocycles. The third-order valence-electron chi connectivity index (χ3n) is 4.12. The summed E-state index contributed by atoms with van der Waals surface area (Å²) in [6.45, 7) is 6.17. The number of nitrogens with zero attached hydrogens (tertiary/aromatic N) is 4. The summed E-state index contributed by atoms with van der Waals surface area (Å²) in [6.07, 6.45) is -3.35. The Morgan fingerprint density at radius 2 is 2.07 bits per heavy atom. The van der Waals surface area contributed by atoms with Gasteiger partial charge in [0.05, 0.1) is 23.3 Å². The Hall–Kier alpha value is -3.28. The van der Waals surface area contributed by atoms with Gasteiger partial charge >= 0.3 is 6.18 Å². The molecule has 0 radical (unpaired) electrons. The summed E-state index contributed by atoms with van der Waals surface area (Å²) < 4.78 is 49.5. The molecule has 1 aromatic carbocycles. The molecule has 0 fully saturated rings. The third kappa shape index (κ3) is 6.37. The van der Waals surface area contributed by atoms with Crippen molar-refractivity contribution in [2.75, 3.05) is 20.2 Å². The minimum atomic E-state index is -4.44. The molecule has 0 aliphatic carbocycles. The molecule has 0 amide bonds. The maximum absolute atomic E-state index is 12.8. The molecular formula is C21H23F3N4O2. The molecule has 1 heterocycles. The van der Waals surface area contributed by atoms with Crippen LogP contribution >= 0.6 is 0 Å². The quantitative estimate of drug-likeness (QED) is 0.456. The number of rotatable bonds is 8. The molecule has 0 bridgehead atoms. The molecule has 0 aliphatic rings. The third-order valence-corrected chi connectivity index (χ3v) is 4.12. The maximum atomic E-state index is 12.8. The van der Waals surface area contributed by atoms with Gasteiger partial charge in [0.25, 0.3) is 0 Å².